The lowest BCUT2D eigenvalue weighted by atomic mass is 9.98. The van der Waals surface area contributed by atoms with E-state index in [0.29, 0.717) is 29.5 Å². The Kier molecular flexibility index (Phi) is 6.64. The van der Waals surface area contributed by atoms with Gasteiger partial charge in [0.05, 0.1) is 4.90 Å². The van der Waals surface area contributed by atoms with Crippen LogP contribution in [0.2, 0.25) is 0 Å². The molecule has 0 amide bonds. The van der Waals surface area contributed by atoms with E-state index in [9.17, 15) is 8.42 Å². The van der Waals surface area contributed by atoms with Crippen LogP contribution in [0.3, 0.4) is 0 Å². The number of ether oxygens (including phenoxy) is 3. The first kappa shape index (κ1) is 22.1. The monoisotopic (exact) mass is 454 g/mol. The Bertz CT molecular complexity index is 1150. The van der Waals surface area contributed by atoms with E-state index in [-0.39, 0.29) is 24.2 Å². The number of hydrogen-bond donors (Lipinski definition) is 1. The molecule has 168 valence electrons. The molecule has 1 heterocycles. The van der Waals surface area contributed by atoms with Crippen molar-refractivity contribution in [2.75, 3.05) is 34.0 Å². The SMILES string of the molecule is CN(C)CC(CNS(=O)(=O)c1ccc(Oc2ccccc2)cc1)c1ccc2c(c1)OCO2. The lowest BCUT2D eigenvalue weighted by molar-refractivity contribution is 0.174. The zero-order chi connectivity index (χ0) is 22.6. The summed E-state index contributed by atoms with van der Waals surface area (Å²) in [6, 6.07) is 21.5. The van der Waals surface area contributed by atoms with Crippen LogP contribution in [0.5, 0.6) is 23.0 Å². The van der Waals surface area contributed by atoms with Crippen molar-refractivity contribution in [3.63, 3.8) is 0 Å². The van der Waals surface area contributed by atoms with Crippen LogP contribution in [-0.4, -0.2) is 47.3 Å². The molecule has 32 heavy (non-hydrogen) atoms. The summed E-state index contributed by atoms with van der Waals surface area (Å²) in [5.41, 5.74) is 0.984. The molecule has 0 saturated carbocycles. The van der Waals surface area contributed by atoms with E-state index >= 15 is 0 Å². The van der Waals surface area contributed by atoms with Gasteiger partial charge in [-0.05, 0) is 68.2 Å². The van der Waals surface area contributed by atoms with E-state index in [1.807, 2.05) is 67.5 Å². The number of para-hydroxylation sites is 1. The maximum absolute atomic E-state index is 12.9. The minimum absolute atomic E-state index is 0.0602. The summed E-state index contributed by atoms with van der Waals surface area (Å²) in [5.74, 6) is 2.59. The van der Waals surface area contributed by atoms with Gasteiger partial charge in [-0.2, -0.15) is 0 Å². The van der Waals surface area contributed by atoms with E-state index in [1.54, 1.807) is 24.3 Å². The van der Waals surface area contributed by atoms with E-state index in [4.69, 9.17) is 14.2 Å². The molecule has 0 saturated heterocycles. The number of likely N-dealkylation sites (N-methyl/N-ethyl adjacent to an activating group) is 1. The molecule has 3 aromatic carbocycles. The van der Waals surface area contributed by atoms with Crippen molar-refractivity contribution in [1.29, 1.82) is 0 Å². The van der Waals surface area contributed by atoms with E-state index in [0.717, 1.165) is 5.56 Å². The molecule has 7 nitrogen and oxygen atoms in total. The lowest BCUT2D eigenvalue weighted by Crippen LogP contribution is -2.33. The average Bonchev–Trinajstić information content (AvgIpc) is 3.25. The van der Waals surface area contributed by atoms with Gasteiger partial charge in [-0.15, -0.1) is 0 Å². The molecule has 0 fully saturated rings. The van der Waals surface area contributed by atoms with Gasteiger partial charge in [0.2, 0.25) is 16.8 Å². The number of benzene rings is 3. The van der Waals surface area contributed by atoms with Crippen LogP contribution in [0, 0.1) is 0 Å². The topological polar surface area (TPSA) is 77.1 Å². The fourth-order valence-electron chi connectivity index (χ4n) is 3.50. The molecular formula is C24H26N2O5S. The van der Waals surface area contributed by atoms with Crippen LogP contribution in [0.25, 0.3) is 0 Å². The van der Waals surface area contributed by atoms with Crippen molar-refractivity contribution >= 4 is 10.0 Å². The zero-order valence-corrected chi connectivity index (χ0v) is 18.8. The van der Waals surface area contributed by atoms with E-state index in [2.05, 4.69) is 4.72 Å². The second-order valence-corrected chi connectivity index (χ2v) is 9.58. The lowest BCUT2D eigenvalue weighted by Gasteiger charge is -2.22. The molecule has 0 spiro atoms. The van der Waals surface area contributed by atoms with Crippen molar-refractivity contribution in [1.82, 2.24) is 9.62 Å². The molecule has 8 heteroatoms. The Labute approximate surface area is 188 Å². The van der Waals surface area contributed by atoms with Crippen molar-refractivity contribution in [3.8, 4) is 23.0 Å². The van der Waals surface area contributed by atoms with Gasteiger partial charge in [-0.3, -0.25) is 0 Å². The third-order valence-electron chi connectivity index (χ3n) is 5.09. The minimum Gasteiger partial charge on any atom is -0.457 e. The van der Waals surface area contributed by atoms with Crippen molar-refractivity contribution in [2.24, 2.45) is 0 Å². The number of sulfonamides is 1. The third-order valence-corrected chi connectivity index (χ3v) is 6.53. The van der Waals surface area contributed by atoms with Gasteiger partial charge in [0, 0.05) is 19.0 Å². The summed E-state index contributed by atoms with van der Waals surface area (Å²) >= 11 is 0. The van der Waals surface area contributed by atoms with Crippen molar-refractivity contribution in [3.05, 3.63) is 78.4 Å². The quantitative estimate of drug-likeness (QED) is 0.530. The van der Waals surface area contributed by atoms with Crippen molar-refractivity contribution < 1.29 is 22.6 Å². The highest BCUT2D eigenvalue weighted by Crippen LogP contribution is 2.34. The highest BCUT2D eigenvalue weighted by atomic mass is 32.2. The Balaban J connectivity index is 1.45. The number of hydrogen-bond acceptors (Lipinski definition) is 6. The Morgan fingerprint density at radius 2 is 1.62 bits per heavy atom. The standard InChI is InChI=1S/C24H26N2O5S/c1-26(2)16-19(18-8-13-23-24(14-18)30-17-29-23)15-25-32(27,28)22-11-9-21(10-12-22)31-20-6-4-3-5-7-20/h3-14,19,25H,15-17H2,1-2H3. The normalized spacial score (nSPS) is 13.8. The van der Waals surface area contributed by atoms with Crippen LogP contribution in [0.1, 0.15) is 11.5 Å². The summed E-state index contributed by atoms with van der Waals surface area (Å²) in [5, 5.41) is 0. The highest BCUT2D eigenvalue weighted by molar-refractivity contribution is 7.89. The number of rotatable bonds is 9. The first-order chi connectivity index (χ1) is 15.4. The molecule has 3 aromatic rings. The highest BCUT2D eigenvalue weighted by Gasteiger charge is 2.22. The second kappa shape index (κ2) is 9.60. The molecule has 0 aromatic heterocycles. The minimum atomic E-state index is -3.68. The van der Waals surface area contributed by atoms with E-state index in [1.165, 1.54) is 0 Å². The van der Waals surface area contributed by atoms with Gasteiger partial charge in [-0.25, -0.2) is 13.1 Å². The van der Waals surface area contributed by atoms with Crippen molar-refractivity contribution in [2.45, 2.75) is 10.8 Å². The predicted molar refractivity (Wildman–Crippen MR) is 122 cm³/mol. The van der Waals surface area contributed by atoms with Crippen LogP contribution in [-0.2, 0) is 10.0 Å². The Hall–Kier alpha value is -3.07. The van der Waals surface area contributed by atoms with Crippen LogP contribution in [0.4, 0.5) is 0 Å². The fourth-order valence-corrected chi connectivity index (χ4v) is 4.58. The summed E-state index contributed by atoms with van der Waals surface area (Å²) in [7, 11) is 0.236. The summed E-state index contributed by atoms with van der Waals surface area (Å²) < 4.78 is 45.1. The number of fused-ring (bicyclic) bond motifs is 1. The summed E-state index contributed by atoms with van der Waals surface area (Å²) in [4.78, 5) is 2.21. The molecule has 1 atom stereocenters. The first-order valence-electron chi connectivity index (χ1n) is 10.3. The average molecular weight is 455 g/mol. The summed E-state index contributed by atoms with van der Waals surface area (Å²) in [6.07, 6.45) is 0. The first-order valence-corrected chi connectivity index (χ1v) is 11.8. The molecular weight excluding hydrogens is 428 g/mol. The van der Waals surface area contributed by atoms with Crippen LogP contribution >= 0.6 is 0 Å². The molecule has 1 aliphatic rings. The molecule has 1 aliphatic heterocycles. The van der Waals surface area contributed by atoms with Gasteiger partial charge in [0.25, 0.3) is 0 Å². The predicted octanol–water partition coefficient (Wildman–Crippen LogP) is 3.83. The third kappa shape index (κ3) is 5.40. The van der Waals surface area contributed by atoms with Crippen LogP contribution < -0.4 is 18.9 Å². The number of nitrogens with zero attached hydrogens (tertiary/aromatic N) is 1. The Morgan fingerprint density at radius 3 is 2.34 bits per heavy atom. The maximum Gasteiger partial charge on any atom is 0.240 e. The number of nitrogens with one attached hydrogen (secondary N) is 1. The van der Waals surface area contributed by atoms with Gasteiger partial charge in [-0.1, -0.05) is 24.3 Å². The zero-order valence-electron chi connectivity index (χ0n) is 18.0. The molecule has 1 N–H and O–H groups in total. The molecule has 0 bridgehead atoms. The van der Waals surface area contributed by atoms with Crippen LogP contribution in [0.15, 0.2) is 77.7 Å². The molecule has 4 rings (SSSR count). The fraction of sp³-hybridized carbons (Fsp3) is 0.250. The molecule has 0 radical (unpaired) electrons. The maximum atomic E-state index is 12.9. The smallest absolute Gasteiger partial charge is 0.240 e. The van der Waals surface area contributed by atoms with Gasteiger partial charge < -0.3 is 19.1 Å². The Morgan fingerprint density at radius 1 is 0.938 bits per heavy atom. The van der Waals surface area contributed by atoms with Gasteiger partial charge in [0.15, 0.2) is 11.5 Å². The largest absolute Gasteiger partial charge is 0.457 e. The molecule has 0 aliphatic carbocycles. The van der Waals surface area contributed by atoms with Gasteiger partial charge in [0.1, 0.15) is 11.5 Å². The van der Waals surface area contributed by atoms with Gasteiger partial charge >= 0.3 is 0 Å². The van der Waals surface area contributed by atoms with E-state index < -0.39 is 10.0 Å². The second-order valence-electron chi connectivity index (χ2n) is 7.81. The molecule has 1 unspecified atom stereocenters. The summed E-state index contributed by atoms with van der Waals surface area (Å²) in [6.45, 7) is 1.13.